The summed E-state index contributed by atoms with van der Waals surface area (Å²) >= 11 is 9.95. The molecule has 1 aliphatic heterocycles. The van der Waals surface area contributed by atoms with Gasteiger partial charge in [-0.2, -0.15) is 0 Å². The van der Waals surface area contributed by atoms with Gasteiger partial charge >= 0.3 is 0 Å². The Balaban J connectivity index is 1.58. The molecule has 0 aliphatic carbocycles. The fourth-order valence-electron chi connectivity index (χ4n) is 2.67. The summed E-state index contributed by atoms with van der Waals surface area (Å²) in [6.45, 7) is 1.69. The maximum Gasteiger partial charge on any atom is 0.266 e. The van der Waals surface area contributed by atoms with E-state index in [-0.39, 0.29) is 30.6 Å². The maximum atomic E-state index is 12.7. The van der Waals surface area contributed by atoms with E-state index in [9.17, 15) is 14.4 Å². The van der Waals surface area contributed by atoms with Crippen molar-refractivity contribution < 1.29 is 14.4 Å². The summed E-state index contributed by atoms with van der Waals surface area (Å²) in [5.41, 5.74) is 2.07. The van der Waals surface area contributed by atoms with Crippen LogP contribution in [0.2, 0.25) is 0 Å². The smallest absolute Gasteiger partial charge is 0.266 e. The van der Waals surface area contributed by atoms with Gasteiger partial charge in [-0.05, 0) is 55.0 Å². The quantitative estimate of drug-likeness (QED) is 0.356. The number of halogens is 1. The molecule has 2 aromatic carbocycles. The molecule has 1 heterocycles. The van der Waals surface area contributed by atoms with E-state index in [0.29, 0.717) is 20.5 Å². The van der Waals surface area contributed by atoms with Crippen molar-refractivity contribution in [1.82, 2.24) is 4.90 Å². The first-order valence-corrected chi connectivity index (χ1v) is 10.8. The minimum atomic E-state index is -0.231. The Hall–Kier alpha value is -2.29. The lowest BCUT2D eigenvalue weighted by Crippen LogP contribution is -2.31. The van der Waals surface area contributed by atoms with E-state index in [1.165, 1.54) is 23.6 Å². The van der Waals surface area contributed by atoms with Gasteiger partial charge in [0.1, 0.15) is 4.32 Å². The van der Waals surface area contributed by atoms with Crippen molar-refractivity contribution in [2.24, 2.45) is 0 Å². The Labute approximate surface area is 186 Å². The van der Waals surface area contributed by atoms with E-state index in [2.05, 4.69) is 21.2 Å². The van der Waals surface area contributed by atoms with E-state index in [4.69, 9.17) is 12.2 Å². The standard InChI is InChI=1S/C21H17BrN2O3S2/c1-13(25)15-5-7-17(8-6-15)23-19(26)9-10-24-20(27)18(29-21(24)28)12-14-3-2-4-16(22)11-14/h2-8,11-12H,9-10H2,1H3,(H,23,26)/b18-12+. The molecule has 0 aromatic heterocycles. The molecule has 29 heavy (non-hydrogen) atoms. The molecule has 0 unspecified atom stereocenters. The van der Waals surface area contributed by atoms with Crippen LogP contribution in [0.3, 0.4) is 0 Å². The fraction of sp³-hybridized carbons (Fsp3) is 0.143. The van der Waals surface area contributed by atoms with Crippen molar-refractivity contribution in [2.75, 3.05) is 11.9 Å². The number of Topliss-reactive ketones (excluding diaryl/α,β-unsaturated/α-hetero) is 1. The number of amides is 2. The Bertz CT molecular complexity index is 1020. The second-order valence-electron chi connectivity index (χ2n) is 6.32. The summed E-state index contributed by atoms with van der Waals surface area (Å²) < 4.78 is 1.37. The molecular formula is C21H17BrN2O3S2. The van der Waals surface area contributed by atoms with Gasteiger partial charge in [0, 0.05) is 28.7 Å². The van der Waals surface area contributed by atoms with Gasteiger partial charge in [0.2, 0.25) is 5.91 Å². The molecule has 5 nitrogen and oxygen atoms in total. The first-order chi connectivity index (χ1) is 13.8. The Morgan fingerprint density at radius 3 is 2.59 bits per heavy atom. The van der Waals surface area contributed by atoms with Crippen molar-refractivity contribution in [3.8, 4) is 0 Å². The molecule has 0 atom stereocenters. The minimum Gasteiger partial charge on any atom is -0.326 e. The highest BCUT2D eigenvalue weighted by atomic mass is 79.9. The zero-order valence-electron chi connectivity index (χ0n) is 15.5. The molecule has 3 rings (SSSR count). The van der Waals surface area contributed by atoms with Gasteiger partial charge < -0.3 is 5.32 Å². The number of carbonyl (C=O) groups excluding carboxylic acids is 3. The number of anilines is 1. The molecule has 8 heteroatoms. The molecule has 1 saturated heterocycles. The summed E-state index contributed by atoms with van der Waals surface area (Å²) in [6.07, 6.45) is 1.91. The summed E-state index contributed by atoms with van der Waals surface area (Å²) in [7, 11) is 0. The molecule has 2 amide bonds. The molecule has 148 valence electrons. The summed E-state index contributed by atoms with van der Waals surface area (Å²) in [4.78, 5) is 38.2. The number of ketones is 1. The predicted octanol–water partition coefficient (Wildman–Crippen LogP) is 4.88. The van der Waals surface area contributed by atoms with Gasteiger partial charge in [-0.3, -0.25) is 19.3 Å². The van der Waals surface area contributed by atoms with Crippen LogP contribution in [0.15, 0.2) is 57.9 Å². The number of rotatable bonds is 6. The second-order valence-corrected chi connectivity index (χ2v) is 8.91. The Kier molecular flexibility index (Phi) is 7.00. The zero-order chi connectivity index (χ0) is 21.0. The number of benzene rings is 2. The lowest BCUT2D eigenvalue weighted by molar-refractivity contribution is -0.122. The van der Waals surface area contributed by atoms with Gasteiger partial charge in [0.25, 0.3) is 5.91 Å². The van der Waals surface area contributed by atoms with Crippen LogP contribution in [0.1, 0.15) is 29.3 Å². The van der Waals surface area contributed by atoms with Crippen LogP contribution in [-0.2, 0) is 9.59 Å². The average Bonchev–Trinajstić information content (AvgIpc) is 2.93. The molecule has 2 aromatic rings. The largest absolute Gasteiger partial charge is 0.326 e. The Morgan fingerprint density at radius 2 is 1.93 bits per heavy atom. The van der Waals surface area contributed by atoms with Crippen LogP contribution < -0.4 is 5.32 Å². The van der Waals surface area contributed by atoms with Gasteiger partial charge in [-0.25, -0.2) is 0 Å². The van der Waals surface area contributed by atoms with Crippen LogP contribution >= 0.6 is 39.9 Å². The Morgan fingerprint density at radius 1 is 1.21 bits per heavy atom. The van der Waals surface area contributed by atoms with Crippen molar-refractivity contribution in [2.45, 2.75) is 13.3 Å². The monoisotopic (exact) mass is 488 g/mol. The van der Waals surface area contributed by atoms with Crippen molar-refractivity contribution in [3.63, 3.8) is 0 Å². The van der Waals surface area contributed by atoms with E-state index >= 15 is 0 Å². The van der Waals surface area contributed by atoms with E-state index < -0.39 is 0 Å². The lowest BCUT2D eigenvalue weighted by atomic mass is 10.1. The summed E-state index contributed by atoms with van der Waals surface area (Å²) in [6, 6.07) is 14.3. The number of nitrogens with one attached hydrogen (secondary N) is 1. The van der Waals surface area contributed by atoms with Crippen molar-refractivity contribution in [1.29, 1.82) is 0 Å². The molecule has 1 aliphatic rings. The van der Waals surface area contributed by atoms with Crippen LogP contribution in [0, 0.1) is 0 Å². The second kappa shape index (κ2) is 9.47. The molecule has 0 radical (unpaired) electrons. The zero-order valence-corrected chi connectivity index (χ0v) is 18.7. The first kappa shape index (κ1) is 21.4. The lowest BCUT2D eigenvalue weighted by Gasteiger charge is -2.14. The van der Waals surface area contributed by atoms with E-state index in [1.54, 1.807) is 30.3 Å². The van der Waals surface area contributed by atoms with E-state index in [1.807, 2.05) is 24.3 Å². The molecule has 1 fully saturated rings. The highest BCUT2D eigenvalue weighted by molar-refractivity contribution is 9.10. The number of thioether (sulfide) groups is 1. The number of thiocarbonyl (C=S) groups is 1. The average molecular weight is 489 g/mol. The maximum absolute atomic E-state index is 12.7. The third-order valence-electron chi connectivity index (χ3n) is 4.16. The highest BCUT2D eigenvalue weighted by Gasteiger charge is 2.32. The summed E-state index contributed by atoms with van der Waals surface area (Å²) in [5, 5.41) is 2.76. The number of carbonyl (C=O) groups is 3. The van der Waals surface area contributed by atoms with Gasteiger partial charge in [-0.15, -0.1) is 0 Å². The predicted molar refractivity (Wildman–Crippen MR) is 124 cm³/mol. The molecule has 0 saturated carbocycles. The normalized spacial score (nSPS) is 15.1. The minimum absolute atomic E-state index is 0.0341. The van der Waals surface area contributed by atoms with Crippen molar-refractivity contribution in [3.05, 3.63) is 69.0 Å². The first-order valence-electron chi connectivity index (χ1n) is 8.75. The topological polar surface area (TPSA) is 66.5 Å². The van der Waals surface area contributed by atoms with Gasteiger partial charge in [0.15, 0.2) is 5.78 Å². The third-order valence-corrected chi connectivity index (χ3v) is 6.03. The van der Waals surface area contributed by atoms with Gasteiger partial charge in [-0.1, -0.05) is 52.0 Å². The molecular weight excluding hydrogens is 472 g/mol. The van der Waals surface area contributed by atoms with Crippen LogP contribution in [0.4, 0.5) is 5.69 Å². The molecule has 0 bridgehead atoms. The van der Waals surface area contributed by atoms with Crippen LogP contribution in [0.5, 0.6) is 0 Å². The molecule has 0 spiro atoms. The number of nitrogens with zero attached hydrogens (tertiary/aromatic N) is 1. The van der Waals surface area contributed by atoms with Crippen LogP contribution in [0.25, 0.3) is 6.08 Å². The number of hydrogen-bond acceptors (Lipinski definition) is 5. The molecule has 1 N–H and O–H groups in total. The fourth-order valence-corrected chi connectivity index (χ4v) is 4.39. The van der Waals surface area contributed by atoms with Crippen molar-refractivity contribution >= 4 is 73.6 Å². The highest BCUT2D eigenvalue weighted by Crippen LogP contribution is 2.33. The SMILES string of the molecule is CC(=O)c1ccc(NC(=O)CCN2C(=O)/C(=C\c3cccc(Br)c3)SC2=S)cc1. The van der Waals surface area contributed by atoms with E-state index in [0.717, 1.165) is 10.0 Å². The van der Waals surface area contributed by atoms with Gasteiger partial charge in [0.05, 0.1) is 4.91 Å². The third kappa shape index (κ3) is 5.62. The summed E-state index contributed by atoms with van der Waals surface area (Å²) in [5.74, 6) is -0.461. The number of hydrogen-bond donors (Lipinski definition) is 1. The van der Waals surface area contributed by atoms with Crippen LogP contribution in [-0.4, -0.2) is 33.4 Å².